The molecule has 3 N–H and O–H groups in total. The van der Waals surface area contributed by atoms with Crippen molar-refractivity contribution in [3.05, 3.63) is 50.7 Å². The smallest absolute Gasteiger partial charge is 0.330 e. The number of nitrogens with zero attached hydrogens (tertiary/aromatic N) is 3. The van der Waals surface area contributed by atoms with Crippen molar-refractivity contribution in [3.63, 3.8) is 0 Å². The van der Waals surface area contributed by atoms with E-state index < -0.39 is 17.2 Å². The van der Waals surface area contributed by atoms with Crippen molar-refractivity contribution < 1.29 is 9.53 Å². The SMILES string of the molecule is CCCCn1c(N)c(N(C(=O)COc2ccc(C#N)cc2)C2CCCC2)c(=O)[nH]c1=O. The zero-order valence-electron chi connectivity index (χ0n) is 17.6. The standard InChI is InChI=1S/C22H27N5O4/c1-2-3-12-26-20(24)19(21(29)25-22(26)30)27(16-6-4-5-7-16)18(28)14-31-17-10-8-15(13-23)9-11-17/h8-11,16H,2-7,12,14,24H2,1H3,(H,25,29,30). The number of rotatable bonds is 8. The first-order valence-electron chi connectivity index (χ1n) is 10.5. The number of aromatic nitrogens is 2. The van der Waals surface area contributed by atoms with Gasteiger partial charge in [0.15, 0.2) is 12.3 Å². The largest absolute Gasteiger partial charge is 0.484 e. The van der Waals surface area contributed by atoms with Gasteiger partial charge in [-0.2, -0.15) is 5.26 Å². The van der Waals surface area contributed by atoms with Gasteiger partial charge in [-0.1, -0.05) is 26.2 Å². The Bertz CT molecular complexity index is 1080. The van der Waals surface area contributed by atoms with Crippen LogP contribution in [0.3, 0.4) is 0 Å². The molecular formula is C22H27N5O4. The molecule has 1 aromatic heterocycles. The second kappa shape index (κ2) is 9.98. The maximum absolute atomic E-state index is 13.2. The molecule has 1 amide bonds. The number of anilines is 2. The summed E-state index contributed by atoms with van der Waals surface area (Å²) in [5.74, 6) is 0.0310. The van der Waals surface area contributed by atoms with Crippen LogP contribution in [0.25, 0.3) is 0 Å². The van der Waals surface area contributed by atoms with Crippen LogP contribution in [0.15, 0.2) is 33.9 Å². The highest BCUT2D eigenvalue weighted by Crippen LogP contribution is 2.29. The molecule has 164 valence electrons. The molecule has 3 rings (SSSR count). The third-order valence-electron chi connectivity index (χ3n) is 5.49. The highest BCUT2D eigenvalue weighted by molar-refractivity contribution is 5.97. The normalized spacial score (nSPS) is 13.7. The molecule has 1 saturated carbocycles. The predicted octanol–water partition coefficient (Wildman–Crippen LogP) is 2.15. The minimum Gasteiger partial charge on any atom is -0.484 e. The highest BCUT2D eigenvalue weighted by atomic mass is 16.5. The van der Waals surface area contributed by atoms with Gasteiger partial charge >= 0.3 is 5.69 Å². The summed E-state index contributed by atoms with van der Waals surface area (Å²) < 4.78 is 6.92. The molecule has 0 bridgehead atoms. The lowest BCUT2D eigenvalue weighted by Crippen LogP contribution is -2.47. The van der Waals surface area contributed by atoms with E-state index in [-0.39, 0.29) is 24.2 Å². The van der Waals surface area contributed by atoms with Gasteiger partial charge in [0.1, 0.15) is 11.6 Å². The lowest BCUT2D eigenvalue weighted by atomic mass is 10.2. The molecule has 0 aliphatic heterocycles. The van der Waals surface area contributed by atoms with Crippen molar-refractivity contribution >= 4 is 17.4 Å². The topological polar surface area (TPSA) is 134 Å². The van der Waals surface area contributed by atoms with Crippen LogP contribution in [0.4, 0.5) is 11.5 Å². The predicted molar refractivity (Wildman–Crippen MR) is 117 cm³/mol. The summed E-state index contributed by atoms with van der Waals surface area (Å²) in [6.45, 7) is 2.05. The summed E-state index contributed by atoms with van der Waals surface area (Å²) in [5.41, 5.74) is 5.50. The summed E-state index contributed by atoms with van der Waals surface area (Å²) in [6, 6.07) is 8.25. The van der Waals surface area contributed by atoms with Crippen molar-refractivity contribution in [3.8, 4) is 11.8 Å². The van der Waals surface area contributed by atoms with Crippen molar-refractivity contribution in [1.29, 1.82) is 5.26 Å². The molecule has 0 atom stereocenters. The van der Waals surface area contributed by atoms with E-state index in [0.717, 1.165) is 38.5 Å². The van der Waals surface area contributed by atoms with Gasteiger partial charge in [-0.05, 0) is 43.5 Å². The summed E-state index contributed by atoms with van der Waals surface area (Å²) in [6.07, 6.45) is 4.94. The van der Waals surface area contributed by atoms with Crippen molar-refractivity contribution in [2.45, 2.75) is 58.0 Å². The minimum atomic E-state index is -0.672. The van der Waals surface area contributed by atoms with Gasteiger partial charge in [-0.15, -0.1) is 0 Å². The number of amides is 1. The molecule has 0 unspecified atom stereocenters. The van der Waals surface area contributed by atoms with Crippen LogP contribution in [-0.2, 0) is 11.3 Å². The Kier molecular flexibility index (Phi) is 7.13. The van der Waals surface area contributed by atoms with Crippen molar-refractivity contribution in [1.82, 2.24) is 9.55 Å². The van der Waals surface area contributed by atoms with Gasteiger partial charge in [0.2, 0.25) is 0 Å². The lowest BCUT2D eigenvalue weighted by Gasteiger charge is -2.29. The number of H-pyrrole nitrogens is 1. The van der Waals surface area contributed by atoms with E-state index >= 15 is 0 Å². The first-order chi connectivity index (χ1) is 15.0. The third kappa shape index (κ3) is 4.97. The number of hydrogen-bond donors (Lipinski definition) is 2. The summed E-state index contributed by atoms with van der Waals surface area (Å²) in [5, 5.41) is 8.89. The van der Waals surface area contributed by atoms with E-state index in [1.54, 1.807) is 24.3 Å². The first-order valence-corrected chi connectivity index (χ1v) is 10.5. The number of benzene rings is 1. The molecule has 9 heteroatoms. The van der Waals surface area contributed by atoms with E-state index in [2.05, 4.69) is 4.98 Å². The third-order valence-corrected chi connectivity index (χ3v) is 5.49. The van der Waals surface area contributed by atoms with Crippen LogP contribution in [0.2, 0.25) is 0 Å². The Labute approximate surface area is 180 Å². The fourth-order valence-corrected chi connectivity index (χ4v) is 3.86. The van der Waals surface area contributed by atoms with Gasteiger partial charge in [0.05, 0.1) is 11.6 Å². The first kappa shape index (κ1) is 22.2. The Hall–Kier alpha value is -3.54. The number of nitrogens with one attached hydrogen (secondary N) is 1. The number of aromatic amines is 1. The Morgan fingerprint density at radius 1 is 1.29 bits per heavy atom. The Morgan fingerprint density at radius 2 is 1.97 bits per heavy atom. The van der Waals surface area contributed by atoms with Crippen LogP contribution < -0.4 is 26.6 Å². The maximum atomic E-state index is 13.2. The molecule has 0 saturated heterocycles. The number of hydrogen-bond acceptors (Lipinski definition) is 6. The van der Waals surface area contributed by atoms with Gasteiger partial charge in [-0.25, -0.2) is 4.79 Å². The summed E-state index contributed by atoms with van der Waals surface area (Å²) >= 11 is 0. The molecule has 1 fully saturated rings. The number of nitrogens with two attached hydrogens (primary N) is 1. The molecule has 31 heavy (non-hydrogen) atoms. The molecular weight excluding hydrogens is 398 g/mol. The maximum Gasteiger partial charge on any atom is 0.330 e. The molecule has 2 aromatic rings. The van der Waals surface area contributed by atoms with E-state index in [4.69, 9.17) is 15.7 Å². The van der Waals surface area contributed by atoms with Crippen LogP contribution >= 0.6 is 0 Å². The fourth-order valence-electron chi connectivity index (χ4n) is 3.86. The van der Waals surface area contributed by atoms with Crippen molar-refractivity contribution in [2.24, 2.45) is 0 Å². The molecule has 1 aromatic carbocycles. The molecule has 1 aliphatic rings. The van der Waals surface area contributed by atoms with Crippen LogP contribution in [0.1, 0.15) is 51.0 Å². The lowest BCUT2D eigenvalue weighted by molar-refractivity contribution is -0.121. The second-order valence-electron chi connectivity index (χ2n) is 7.63. The monoisotopic (exact) mass is 425 g/mol. The minimum absolute atomic E-state index is 0.000762. The highest BCUT2D eigenvalue weighted by Gasteiger charge is 2.32. The quantitative estimate of drug-likeness (QED) is 0.665. The molecule has 9 nitrogen and oxygen atoms in total. The van der Waals surface area contributed by atoms with E-state index in [9.17, 15) is 14.4 Å². The van der Waals surface area contributed by atoms with Gasteiger partial charge in [-0.3, -0.25) is 24.0 Å². The van der Waals surface area contributed by atoms with Crippen LogP contribution in [0.5, 0.6) is 5.75 Å². The van der Waals surface area contributed by atoms with E-state index in [1.807, 2.05) is 13.0 Å². The molecule has 0 radical (unpaired) electrons. The average Bonchev–Trinajstić information content (AvgIpc) is 3.29. The second-order valence-corrected chi connectivity index (χ2v) is 7.63. The number of unbranched alkanes of at least 4 members (excludes halogenated alkanes) is 1. The van der Waals surface area contributed by atoms with Gasteiger partial charge < -0.3 is 10.5 Å². The molecule has 0 spiro atoms. The summed E-state index contributed by atoms with van der Waals surface area (Å²) in [4.78, 5) is 41.9. The van der Waals surface area contributed by atoms with E-state index in [1.165, 1.54) is 9.47 Å². The fraction of sp³-hybridized carbons (Fsp3) is 0.455. The van der Waals surface area contributed by atoms with Crippen LogP contribution in [-0.4, -0.2) is 28.1 Å². The number of carbonyl (C=O) groups is 1. The molecule has 1 heterocycles. The van der Waals surface area contributed by atoms with E-state index in [0.29, 0.717) is 17.9 Å². The van der Waals surface area contributed by atoms with Crippen LogP contribution in [0, 0.1) is 11.3 Å². The van der Waals surface area contributed by atoms with Gasteiger partial charge in [0, 0.05) is 12.6 Å². The summed E-state index contributed by atoms with van der Waals surface area (Å²) in [7, 11) is 0. The zero-order valence-corrected chi connectivity index (χ0v) is 17.6. The zero-order chi connectivity index (χ0) is 22.4. The number of ether oxygens (including phenoxy) is 1. The number of nitrogen functional groups attached to an aromatic ring is 1. The number of carbonyl (C=O) groups excluding carboxylic acids is 1. The molecule has 1 aliphatic carbocycles. The Balaban J connectivity index is 1.92. The number of nitriles is 1. The Morgan fingerprint density at radius 3 is 2.58 bits per heavy atom. The van der Waals surface area contributed by atoms with Gasteiger partial charge in [0.25, 0.3) is 11.5 Å². The average molecular weight is 425 g/mol. The van der Waals surface area contributed by atoms with Crippen molar-refractivity contribution in [2.75, 3.05) is 17.2 Å².